The van der Waals surface area contributed by atoms with Crippen LogP contribution in [0, 0.1) is 0 Å². The van der Waals surface area contributed by atoms with E-state index in [4.69, 9.17) is 10.5 Å². The first-order valence-corrected chi connectivity index (χ1v) is 2.25. The van der Waals surface area contributed by atoms with Crippen LogP contribution < -0.4 is 5.73 Å². The van der Waals surface area contributed by atoms with Crippen LogP contribution in [0.1, 0.15) is 7.85 Å². The molecule has 0 aromatic rings. The van der Waals surface area contributed by atoms with Crippen molar-refractivity contribution < 1.29 is 6.16 Å². The molecule has 1 aliphatic rings. The molecule has 0 amide bonds. The molecule has 0 aromatic carbocycles. The first kappa shape index (κ1) is 4.09. The molecule has 0 spiro atoms. The molecule has 0 unspecified atom stereocenters. The van der Waals surface area contributed by atoms with Crippen LogP contribution in [0.3, 0.4) is 0 Å². The summed E-state index contributed by atoms with van der Waals surface area (Å²) in [5.41, 5.74) is 5.21. The Bertz CT molecular complexity index is 44.2. The molecular formula is C4H11NO. The summed E-state index contributed by atoms with van der Waals surface area (Å²) in [6, 6.07) is 0. The molecule has 0 saturated carbocycles. The zero-order valence-corrected chi connectivity index (χ0v) is 3.68. The average molecular weight is 89.1 g/mol. The minimum Gasteiger partial charge on any atom is -0.377 e. The second kappa shape index (κ2) is 1.58. The smallest absolute Gasteiger partial charge is 0.0719 e. The summed E-state index contributed by atoms with van der Waals surface area (Å²) in [6.45, 7) is 1.61. The lowest BCUT2D eigenvalue weighted by molar-refractivity contribution is -0.0435. The topological polar surface area (TPSA) is 35.2 Å². The van der Waals surface area contributed by atoms with Crippen LogP contribution in [0.4, 0.5) is 0 Å². The van der Waals surface area contributed by atoms with Crippen LogP contribution in [-0.4, -0.2) is 19.3 Å². The summed E-state index contributed by atoms with van der Waals surface area (Å²) in [5, 5.41) is 0. The largest absolute Gasteiger partial charge is 0.377 e. The van der Waals surface area contributed by atoms with E-state index < -0.39 is 0 Å². The van der Waals surface area contributed by atoms with E-state index >= 15 is 0 Å². The summed E-state index contributed by atoms with van der Waals surface area (Å²) in [4.78, 5) is 0. The zero-order chi connectivity index (χ0) is 4.41. The fraction of sp³-hybridized carbons (Fsp3) is 1.00. The molecule has 0 aliphatic carbocycles. The highest BCUT2D eigenvalue weighted by molar-refractivity contribution is 4.65. The molecule has 2 heteroatoms. The van der Waals surface area contributed by atoms with Gasteiger partial charge in [-0.25, -0.2) is 0 Å². The summed E-state index contributed by atoms with van der Waals surface area (Å²) in [7, 11) is 0. The van der Waals surface area contributed by atoms with Crippen molar-refractivity contribution >= 4 is 0 Å². The van der Waals surface area contributed by atoms with Crippen molar-refractivity contribution in [3.05, 3.63) is 0 Å². The molecular weight excluding hydrogens is 78.0 g/mol. The maximum atomic E-state index is 5.21. The molecule has 1 heterocycles. The van der Waals surface area contributed by atoms with Gasteiger partial charge in [0.05, 0.1) is 6.10 Å². The highest BCUT2D eigenvalue weighted by Crippen LogP contribution is 2.07. The van der Waals surface area contributed by atoms with Crippen LogP contribution in [0.15, 0.2) is 0 Å². The second-order valence-corrected chi connectivity index (χ2v) is 1.52. The van der Waals surface area contributed by atoms with E-state index in [0.29, 0.717) is 12.6 Å². The minimum absolute atomic E-state index is 0. The van der Waals surface area contributed by atoms with E-state index in [9.17, 15) is 0 Å². The molecule has 1 rings (SSSR count). The lowest BCUT2D eigenvalue weighted by Crippen LogP contribution is -2.33. The Morgan fingerprint density at radius 2 is 2.67 bits per heavy atom. The lowest BCUT2D eigenvalue weighted by Gasteiger charge is -2.24. The van der Waals surface area contributed by atoms with Crippen LogP contribution in [0.25, 0.3) is 0 Å². The summed E-state index contributed by atoms with van der Waals surface area (Å²) < 4.78 is 4.95. The van der Waals surface area contributed by atoms with Crippen molar-refractivity contribution in [2.24, 2.45) is 5.73 Å². The van der Waals surface area contributed by atoms with Crippen LogP contribution in [-0.2, 0) is 4.74 Å². The Hall–Kier alpha value is -0.0800. The average Bonchev–Trinajstić information content (AvgIpc) is 1.31. The zero-order valence-electron chi connectivity index (χ0n) is 3.68. The second-order valence-electron chi connectivity index (χ2n) is 1.52. The van der Waals surface area contributed by atoms with Crippen LogP contribution >= 0.6 is 0 Å². The van der Waals surface area contributed by atoms with Crippen molar-refractivity contribution in [1.82, 2.24) is 0 Å². The molecule has 6 heavy (non-hydrogen) atoms. The van der Waals surface area contributed by atoms with Gasteiger partial charge in [-0.05, 0) is 6.42 Å². The number of hydrogen-bond donors (Lipinski definition) is 1. The van der Waals surface area contributed by atoms with Crippen molar-refractivity contribution in [3.8, 4) is 0 Å². The monoisotopic (exact) mass is 89.1 g/mol. The van der Waals surface area contributed by atoms with Gasteiger partial charge in [-0.1, -0.05) is 0 Å². The van der Waals surface area contributed by atoms with E-state index in [1.807, 2.05) is 0 Å². The standard InChI is InChI=1S/C4H9NO.H2/c5-3-4-1-2-6-4;/h4H,1-3,5H2;1H/t4-;/m0./s1. The van der Waals surface area contributed by atoms with E-state index in [2.05, 4.69) is 0 Å². The summed E-state index contributed by atoms with van der Waals surface area (Å²) in [5.74, 6) is 0. The van der Waals surface area contributed by atoms with Gasteiger partial charge >= 0.3 is 0 Å². The summed E-state index contributed by atoms with van der Waals surface area (Å²) >= 11 is 0. The molecule has 0 bridgehead atoms. The highest BCUT2D eigenvalue weighted by Gasteiger charge is 2.14. The van der Waals surface area contributed by atoms with Gasteiger partial charge in [0.1, 0.15) is 0 Å². The van der Waals surface area contributed by atoms with E-state index in [1.54, 1.807) is 0 Å². The molecule has 2 N–H and O–H groups in total. The molecule has 1 fully saturated rings. The Morgan fingerprint density at radius 3 is 2.67 bits per heavy atom. The van der Waals surface area contributed by atoms with Gasteiger partial charge in [0, 0.05) is 14.6 Å². The van der Waals surface area contributed by atoms with Gasteiger partial charge in [0.15, 0.2) is 0 Å². The molecule has 38 valence electrons. The van der Waals surface area contributed by atoms with E-state index in [-0.39, 0.29) is 1.43 Å². The Morgan fingerprint density at radius 1 is 2.00 bits per heavy atom. The van der Waals surface area contributed by atoms with Crippen LogP contribution in [0.5, 0.6) is 0 Å². The SMILES string of the molecule is NC[C@@H]1CCO1.[HH]. The Kier molecular flexibility index (Phi) is 1.08. The quantitative estimate of drug-likeness (QED) is 0.490. The van der Waals surface area contributed by atoms with Crippen LogP contribution in [0.2, 0.25) is 0 Å². The fourth-order valence-electron chi connectivity index (χ4n) is 0.470. The highest BCUT2D eigenvalue weighted by atomic mass is 16.5. The van der Waals surface area contributed by atoms with Gasteiger partial charge in [-0.2, -0.15) is 0 Å². The predicted octanol–water partition coefficient (Wildman–Crippen LogP) is -0.0200. The van der Waals surface area contributed by atoms with Gasteiger partial charge in [0.25, 0.3) is 0 Å². The molecule has 1 saturated heterocycles. The number of rotatable bonds is 1. The maximum absolute atomic E-state index is 5.21. The number of ether oxygens (including phenoxy) is 1. The molecule has 0 radical (unpaired) electrons. The van der Waals surface area contributed by atoms with Gasteiger partial charge < -0.3 is 10.5 Å². The molecule has 1 atom stereocenters. The normalized spacial score (nSPS) is 32.5. The lowest BCUT2D eigenvalue weighted by atomic mass is 10.2. The number of nitrogens with two attached hydrogens (primary N) is 1. The maximum Gasteiger partial charge on any atom is 0.0719 e. The van der Waals surface area contributed by atoms with Crippen molar-refractivity contribution in [3.63, 3.8) is 0 Å². The van der Waals surface area contributed by atoms with Gasteiger partial charge in [0.2, 0.25) is 0 Å². The van der Waals surface area contributed by atoms with E-state index in [1.165, 1.54) is 0 Å². The first-order valence-electron chi connectivity index (χ1n) is 2.25. The molecule has 2 nitrogen and oxygen atoms in total. The van der Waals surface area contributed by atoms with Crippen molar-refractivity contribution in [2.45, 2.75) is 12.5 Å². The third kappa shape index (κ3) is 0.533. The molecule has 1 aliphatic heterocycles. The number of hydrogen-bond acceptors (Lipinski definition) is 2. The minimum atomic E-state index is 0. The molecule has 0 aromatic heterocycles. The third-order valence-electron chi connectivity index (χ3n) is 1.06. The van der Waals surface area contributed by atoms with Gasteiger partial charge in [-0.15, -0.1) is 0 Å². The van der Waals surface area contributed by atoms with Crippen molar-refractivity contribution in [1.29, 1.82) is 0 Å². The Balaban J connectivity index is 0.000000360. The summed E-state index contributed by atoms with van der Waals surface area (Å²) in [6.07, 6.45) is 1.56. The van der Waals surface area contributed by atoms with Gasteiger partial charge in [-0.3, -0.25) is 0 Å². The van der Waals surface area contributed by atoms with E-state index in [0.717, 1.165) is 13.0 Å². The third-order valence-corrected chi connectivity index (χ3v) is 1.06. The first-order chi connectivity index (χ1) is 2.93. The predicted molar refractivity (Wildman–Crippen MR) is 25.5 cm³/mol. The fourth-order valence-corrected chi connectivity index (χ4v) is 0.470. The Labute approximate surface area is 38.8 Å². The van der Waals surface area contributed by atoms with Crippen molar-refractivity contribution in [2.75, 3.05) is 13.2 Å².